The van der Waals surface area contributed by atoms with Crippen molar-refractivity contribution in [1.29, 1.82) is 0 Å². The average Bonchev–Trinajstić information content (AvgIpc) is 1.61. The quantitative estimate of drug-likeness (QED) is 0.585. The highest BCUT2D eigenvalue weighted by molar-refractivity contribution is 6.50. The topological polar surface area (TPSA) is 0 Å². The fourth-order valence-electron chi connectivity index (χ4n) is 0.174. The summed E-state index contributed by atoms with van der Waals surface area (Å²) in [6.45, 7) is 0. The monoisotopic (exact) mass is 212 g/mol. The van der Waals surface area contributed by atoms with Crippen LogP contribution in [0.4, 0.5) is 13.2 Å². The van der Waals surface area contributed by atoms with Gasteiger partial charge in [0.15, 0.2) is 0 Å². The van der Waals surface area contributed by atoms with Crippen molar-refractivity contribution in [3.63, 3.8) is 0 Å². The van der Waals surface area contributed by atoms with Crippen LogP contribution in [0.1, 0.15) is 0 Å². The molecule has 0 spiro atoms. The summed E-state index contributed by atoms with van der Waals surface area (Å²) in [5.74, 6) is 0. The third-order valence-electron chi connectivity index (χ3n) is 0.650. The Balaban J connectivity index is 4.40. The van der Waals surface area contributed by atoms with Crippen LogP contribution in [0.5, 0.6) is 0 Å². The average molecular weight is 213 g/mol. The van der Waals surface area contributed by atoms with E-state index in [2.05, 4.69) is 0 Å². The first-order valence-electron chi connectivity index (χ1n) is 2.04. The molecule has 0 aromatic carbocycles. The van der Waals surface area contributed by atoms with Gasteiger partial charge < -0.3 is 0 Å². The zero-order valence-corrected chi connectivity index (χ0v) is 6.69. The molecule has 0 saturated heterocycles. The van der Waals surface area contributed by atoms with Gasteiger partial charge in [0.05, 0.1) is 0 Å². The van der Waals surface area contributed by atoms with Crippen molar-refractivity contribution in [2.24, 2.45) is 0 Å². The highest BCUT2D eigenvalue weighted by atomic mass is 35.5. The van der Waals surface area contributed by atoms with E-state index in [9.17, 15) is 13.2 Å². The molecule has 0 nitrogen and oxygen atoms in total. The molecular formula is C4H2Cl3F3. The van der Waals surface area contributed by atoms with Gasteiger partial charge in [0, 0.05) is 5.54 Å². The van der Waals surface area contributed by atoms with Gasteiger partial charge in [-0.05, 0) is 6.08 Å². The van der Waals surface area contributed by atoms with E-state index in [4.69, 9.17) is 34.8 Å². The van der Waals surface area contributed by atoms with Crippen LogP contribution in [0.3, 0.4) is 0 Å². The minimum atomic E-state index is -4.69. The van der Waals surface area contributed by atoms with Crippen LogP contribution in [0.15, 0.2) is 11.6 Å². The molecule has 0 saturated carbocycles. The van der Waals surface area contributed by atoms with E-state index in [1.807, 2.05) is 0 Å². The highest BCUT2D eigenvalue weighted by Crippen LogP contribution is 2.40. The molecule has 0 bridgehead atoms. The molecule has 60 valence electrons. The smallest absolute Gasteiger partial charge is 0.167 e. The fourth-order valence-corrected chi connectivity index (χ4v) is 0.618. The van der Waals surface area contributed by atoms with E-state index < -0.39 is 10.5 Å². The normalized spacial score (nSPS) is 14.6. The standard InChI is InChI=1S/C4H2Cl3F3/c5-2-1-3(6,7)4(8,9)10/h1-2H. The minimum absolute atomic E-state index is 0.442. The third kappa shape index (κ3) is 2.56. The molecule has 0 rings (SSSR count). The van der Waals surface area contributed by atoms with Crippen molar-refractivity contribution in [3.8, 4) is 0 Å². The Hall–Kier alpha value is 0.400. The van der Waals surface area contributed by atoms with E-state index in [0.717, 1.165) is 0 Å². The van der Waals surface area contributed by atoms with E-state index in [0.29, 0.717) is 11.6 Å². The summed E-state index contributed by atoms with van der Waals surface area (Å²) in [5.41, 5.74) is 0.619. The van der Waals surface area contributed by atoms with Crippen molar-refractivity contribution in [1.82, 2.24) is 0 Å². The van der Waals surface area contributed by atoms with Gasteiger partial charge in [-0.3, -0.25) is 0 Å². The first-order chi connectivity index (χ1) is 4.31. The lowest BCUT2D eigenvalue weighted by Crippen LogP contribution is -2.31. The summed E-state index contributed by atoms with van der Waals surface area (Å²) < 4.78 is 32.1. The van der Waals surface area contributed by atoms with Gasteiger partial charge >= 0.3 is 6.18 Å². The van der Waals surface area contributed by atoms with Gasteiger partial charge in [-0.1, -0.05) is 34.8 Å². The summed E-state index contributed by atoms with van der Waals surface area (Å²) >= 11 is 14.4. The number of hydrogen-bond acceptors (Lipinski definition) is 0. The molecule has 0 aliphatic rings. The molecule has 0 unspecified atom stereocenters. The van der Waals surface area contributed by atoms with E-state index in [1.54, 1.807) is 0 Å². The molecule has 0 aliphatic heterocycles. The Labute approximate surface area is 70.6 Å². The molecule has 0 aliphatic carbocycles. The van der Waals surface area contributed by atoms with Crippen LogP contribution >= 0.6 is 34.8 Å². The molecule has 0 aromatic rings. The molecule has 0 aromatic heterocycles. The summed E-state index contributed by atoms with van der Waals surface area (Å²) in [4.78, 5) is 0. The fraction of sp³-hybridized carbons (Fsp3) is 0.500. The molecular weight excluding hydrogens is 211 g/mol. The highest BCUT2D eigenvalue weighted by Gasteiger charge is 2.50. The first kappa shape index (κ1) is 10.4. The van der Waals surface area contributed by atoms with Crippen LogP contribution in [-0.4, -0.2) is 10.5 Å². The molecule has 0 fully saturated rings. The van der Waals surface area contributed by atoms with Crippen LogP contribution < -0.4 is 0 Å². The molecule has 10 heavy (non-hydrogen) atoms. The summed E-state index contributed by atoms with van der Waals surface area (Å²) in [6.07, 6.45) is -4.25. The maximum atomic E-state index is 11.6. The van der Waals surface area contributed by atoms with E-state index >= 15 is 0 Å². The maximum Gasteiger partial charge on any atom is 0.425 e. The predicted octanol–water partition coefficient (Wildman–Crippen LogP) is 3.48. The molecule has 0 N–H and O–H groups in total. The zero-order chi connectivity index (χ0) is 8.41. The second kappa shape index (κ2) is 3.20. The Morgan fingerprint density at radius 2 is 1.50 bits per heavy atom. The van der Waals surface area contributed by atoms with Gasteiger partial charge in [0.25, 0.3) is 0 Å². The zero-order valence-electron chi connectivity index (χ0n) is 4.42. The SMILES string of the molecule is FC(F)(F)C(Cl)(Cl)C=CCl. The first-order valence-corrected chi connectivity index (χ1v) is 3.23. The third-order valence-corrected chi connectivity index (χ3v) is 1.46. The number of rotatable bonds is 1. The maximum absolute atomic E-state index is 11.6. The Bertz CT molecular complexity index is 137. The largest absolute Gasteiger partial charge is 0.425 e. The lowest BCUT2D eigenvalue weighted by molar-refractivity contribution is -0.131. The Morgan fingerprint density at radius 1 is 1.10 bits per heavy atom. The van der Waals surface area contributed by atoms with Gasteiger partial charge in [-0.15, -0.1) is 0 Å². The van der Waals surface area contributed by atoms with Crippen molar-refractivity contribution < 1.29 is 13.2 Å². The van der Waals surface area contributed by atoms with Crippen LogP contribution in [0.25, 0.3) is 0 Å². The van der Waals surface area contributed by atoms with Gasteiger partial charge in [-0.25, -0.2) is 0 Å². The summed E-state index contributed by atoms with van der Waals surface area (Å²) in [6, 6.07) is 0. The van der Waals surface area contributed by atoms with Crippen molar-refractivity contribution in [3.05, 3.63) is 11.6 Å². The number of allylic oxidation sites excluding steroid dienone is 1. The predicted molar refractivity (Wildman–Crippen MR) is 35.5 cm³/mol. The van der Waals surface area contributed by atoms with Crippen molar-refractivity contribution in [2.75, 3.05) is 0 Å². The minimum Gasteiger partial charge on any atom is -0.167 e. The number of halogens is 6. The lowest BCUT2D eigenvalue weighted by atomic mass is 10.4. The number of hydrogen-bond donors (Lipinski definition) is 0. The Morgan fingerprint density at radius 3 is 1.60 bits per heavy atom. The van der Waals surface area contributed by atoms with Gasteiger partial charge in [-0.2, -0.15) is 13.2 Å². The molecule has 6 heteroatoms. The van der Waals surface area contributed by atoms with Crippen molar-refractivity contribution >= 4 is 34.8 Å². The Kier molecular flexibility index (Phi) is 3.33. The second-order valence-corrected chi connectivity index (χ2v) is 3.05. The molecule has 0 atom stereocenters. The summed E-state index contributed by atoms with van der Waals surface area (Å²) in [7, 11) is 0. The van der Waals surface area contributed by atoms with E-state index in [1.165, 1.54) is 0 Å². The summed E-state index contributed by atoms with van der Waals surface area (Å²) in [5, 5.41) is 0. The van der Waals surface area contributed by atoms with Crippen LogP contribution in [0.2, 0.25) is 0 Å². The molecule has 0 amide bonds. The molecule has 0 radical (unpaired) electrons. The van der Waals surface area contributed by atoms with Gasteiger partial charge in [0.1, 0.15) is 0 Å². The van der Waals surface area contributed by atoms with Crippen LogP contribution in [-0.2, 0) is 0 Å². The number of alkyl halides is 5. The van der Waals surface area contributed by atoms with E-state index in [-0.39, 0.29) is 0 Å². The lowest BCUT2D eigenvalue weighted by Gasteiger charge is -2.17. The van der Waals surface area contributed by atoms with Crippen molar-refractivity contribution in [2.45, 2.75) is 10.5 Å². The van der Waals surface area contributed by atoms with Crippen LogP contribution in [0, 0.1) is 0 Å². The second-order valence-electron chi connectivity index (χ2n) is 1.41. The molecule has 0 heterocycles. The van der Waals surface area contributed by atoms with Gasteiger partial charge in [0.2, 0.25) is 4.33 Å².